The summed E-state index contributed by atoms with van der Waals surface area (Å²) in [5.41, 5.74) is 0.731. The first-order chi connectivity index (χ1) is 5.15. The molecule has 0 aliphatic heterocycles. The highest BCUT2D eigenvalue weighted by molar-refractivity contribution is 5.40. The Morgan fingerprint density at radius 2 is 2.27 bits per heavy atom. The predicted octanol–water partition coefficient (Wildman–Crippen LogP) is 0.130. The Balaban J connectivity index is 3.32. The molecule has 0 atom stereocenters. The van der Waals surface area contributed by atoms with Crippen molar-refractivity contribution in [2.75, 3.05) is 12.4 Å². The number of nitrogens with one attached hydrogen (secondary N) is 1. The molecule has 1 heterocycles. The van der Waals surface area contributed by atoms with Gasteiger partial charge in [-0.25, -0.2) is 4.79 Å². The van der Waals surface area contributed by atoms with Crippen molar-refractivity contribution in [2.24, 2.45) is 7.05 Å². The fourth-order valence-electron chi connectivity index (χ4n) is 0.923. The zero-order valence-electron chi connectivity index (χ0n) is 6.88. The maximum Gasteiger partial charge on any atom is 0.349 e. The number of aromatic nitrogens is 2. The molecule has 4 nitrogen and oxygen atoms in total. The Bertz CT molecular complexity index is 316. The SMILES string of the molecule is CNc1nc(=O)n(C)cc1C. The van der Waals surface area contributed by atoms with E-state index in [1.54, 1.807) is 20.3 Å². The molecule has 0 aliphatic rings. The Morgan fingerprint density at radius 3 is 2.82 bits per heavy atom. The molecule has 0 bridgehead atoms. The van der Waals surface area contributed by atoms with Gasteiger partial charge in [-0.2, -0.15) is 4.98 Å². The number of aryl methyl sites for hydroxylation is 2. The van der Waals surface area contributed by atoms with Gasteiger partial charge < -0.3 is 9.88 Å². The smallest absolute Gasteiger partial charge is 0.349 e. The first-order valence-electron chi connectivity index (χ1n) is 3.37. The Hall–Kier alpha value is -1.32. The average molecular weight is 153 g/mol. The van der Waals surface area contributed by atoms with E-state index in [1.807, 2.05) is 6.92 Å². The van der Waals surface area contributed by atoms with E-state index < -0.39 is 0 Å². The van der Waals surface area contributed by atoms with Gasteiger partial charge in [0.05, 0.1) is 0 Å². The maximum absolute atomic E-state index is 11.0. The maximum atomic E-state index is 11.0. The molecule has 4 heteroatoms. The van der Waals surface area contributed by atoms with Crippen LogP contribution in [0.3, 0.4) is 0 Å². The lowest BCUT2D eigenvalue weighted by atomic mass is 10.3. The summed E-state index contributed by atoms with van der Waals surface area (Å²) in [6.07, 6.45) is 1.75. The second-order valence-electron chi connectivity index (χ2n) is 2.42. The molecule has 0 aliphatic carbocycles. The third kappa shape index (κ3) is 1.39. The molecular formula is C7H11N3O. The first kappa shape index (κ1) is 7.78. The van der Waals surface area contributed by atoms with Gasteiger partial charge in [0.25, 0.3) is 0 Å². The number of nitrogens with zero attached hydrogens (tertiary/aromatic N) is 2. The summed E-state index contributed by atoms with van der Waals surface area (Å²) >= 11 is 0. The van der Waals surface area contributed by atoms with Gasteiger partial charge in [0.2, 0.25) is 0 Å². The quantitative estimate of drug-likeness (QED) is 0.623. The third-order valence-corrected chi connectivity index (χ3v) is 1.51. The molecule has 11 heavy (non-hydrogen) atoms. The lowest BCUT2D eigenvalue weighted by Crippen LogP contribution is -2.21. The van der Waals surface area contributed by atoms with Crippen molar-refractivity contribution in [3.8, 4) is 0 Å². The number of rotatable bonds is 1. The molecule has 1 aromatic rings. The summed E-state index contributed by atoms with van der Waals surface area (Å²) < 4.78 is 1.45. The van der Waals surface area contributed by atoms with Gasteiger partial charge in [-0.15, -0.1) is 0 Å². The molecule has 1 rings (SSSR count). The predicted molar refractivity (Wildman–Crippen MR) is 43.8 cm³/mol. The van der Waals surface area contributed by atoms with Gasteiger partial charge in [-0.1, -0.05) is 0 Å². The summed E-state index contributed by atoms with van der Waals surface area (Å²) in [7, 11) is 3.43. The molecule has 0 saturated heterocycles. The second kappa shape index (κ2) is 2.74. The van der Waals surface area contributed by atoms with E-state index in [0.29, 0.717) is 5.82 Å². The van der Waals surface area contributed by atoms with E-state index in [9.17, 15) is 4.79 Å². The molecule has 0 fully saturated rings. The monoisotopic (exact) mass is 153 g/mol. The van der Waals surface area contributed by atoms with Crippen molar-refractivity contribution in [2.45, 2.75) is 6.92 Å². The van der Waals surface area contributed by atoms with Crippen molar-refractivity contribution >= 4 is 5.82 Å². The summed E-state index contributed by atoms with van der Waals surface area (Å²) in [6.45, 7) is 1.90. The molecule has 0 saturated carbocycles. The average Bonchev–Trinajstić information content (AvgIpc) is 1.97. The van der Waals surface area contributed by atoms with Crippen LogP contribution in [0.25, 0.3) is 0 Å². The van der Waals surface area contributed by atoms with Gasteiger partial charge in [0.1, 0.15) is 5.82 Å². The second-order valence-corrected chi connectivity index (χ2v) is 2.42. The van der Waals surface area contributed by atoms with Crippen LogP contribution in [0.1, 0.15) is 5.56 Å². The highest BCUT2D eigenvalue weighted by Gasteiger charge is 1.98. The van der Waals surface area contributed by atoms with Crippen molar-refractivity contribution in [3.63, 3.8) is 0 Å². The van der Waals surface area contributed by atoms with Crippen LogP contribution >= 0.6 is 0 Å². The molecule has 60 valence electrons. The van der Waals surface area contributed by atoms with Crippen LogP contribution in [0, 0.1) is 6.92 Å². The van der Waals surface area contributed by atoms with E-state index in [0.717, 1.165) is 5.56 Å². The summed E-state index contributed by atoms with van der Waals surface area (Å²) in [6, 6.07) is 0. The van der Waals surface area contributed by atoms with Crippen molar-refractivity contribution in [1.82, 2.24) is 9.55 Å². The molecular weight excluding hydrogens is 142 g/mol. The summed E-state index contributed by atoms with van der Waals surface area (Å²) in [5, 5.41) is 2.84. The first-order valence-corrected chi connectivity index (χ1v) is 3.37. The lowest BCUT2D eigenvalue weighted by molar-refractivity contribution is 0.803. The van der Waals surface area contributed by atoms with E-state index >= 15 is 0 Å². The minimum Gasteiger partial charge on any atom is -0.373 e. The van der Waals surface area contributed by atoms with Crippen LogP contribution in [-0.4, -0.2) is 16.6 Å². The van der Waals surface area contributed by atoms with Crippen LogP contribution < -0.4 is 11.0 Å². The third-order valence-electron chi connectivity index (χ3n) is 1.51. The van der Waals surface area contributed by atoms with Gasteiger partial charge >= 0.3 is 5.69 Å². The summed E-state index contributed by atoms with van der Waals surface area (Å²) in [4.78, 5) is 14.7. The zero-order valence-corrected chi connectivity index (χ0v) is 6.88. The number of hydrogen-bond donors (Lipinski definition) is 1. The fourth-order valence-corrected chi connectivity index (χ4v) is 0.923. The molecule has 0 amide bonds. The topological polar surface area (TPSA) is 46.9 Å². The lowest BCUT2D eigenvalue weighted by Gasteiger charge is -2.03. The standard InChI is InChI=1S/C7H11N3O/c1-5-4-10(3)7(11)9-6(5)8-2/h4H,1-3H3,(H,8,9,11). The largest absolute Gasteiger partial charge is 0.373 e. The van der Waals surface area contributed by atoms with E-state index in [4.69, 9.17) is 0 Å². The van der Waals surface area contributed by atoms with Crippen LogP contribution in [0.15, 0.2) is 11.0 Å². The molecule has 0 unspecified atom stereocenters. The van der Waals surface area contributed by atoms with E-state index in [2.05, 4.69) is 10.3 Å². The van der Waals surface area contributed by atoms with E-state index in [1.165, 1.54) is 4.57 Å². The van der Waals surface area contributed by atoms with Crippen LogP contribution in [-0.2, 0) is 7.05 Å². The van der Waals surface area contributed by atoms with Crippen LogP contribution in [0.2, 0.25) is 0 Å². The van der Waals surface area contributed by atoms with Crippen molar-refractivity contribution < 1.29 is 0 Å². The Morgan fingerprint density at radius 1 is 1.64 bits per heavy atom. The fraction of sp³-hybridized carbons (Fsp3) is 0.429. The van der Waals surface area contributed by atoms with Gasteiger partial charge in [0, 0.05) is 25.9 Å². The number of anilines is 1. The van der Waals surface area contributed by atoms with Crippen LogP contribution in [0.4, 0.5) is 5.82 Å². The van der Waals surface area contributed by atoms with Crippen molar-refractivity contribution in [1.29, 1.82) is 0 Å². The van der Waals surface area contributed by atoms with E-state index in [-0.39, 0.29) is 5.69 Å². The molecule has 1 aromatic heterocycles. The molecule has 0 aromatic carbocycles. The zero-order chi connectivity index (χ0) is 8.43. The Kier molecular flexibility index (Phi) is 1.94. The minimum atomic E-state index is -0.236. The summed E-state index contributed by atoms with van der Waals surface area (Å²) in [5.74, 6) is 0.646. The molecule has 0 spiro atoms. The van der Waals surface area contributed by atoms with Gasteiger partial charge in [-0.05, 0) is 6.92 Å². The number of hydrogen-bond acceptors (Lipinski definition) is 3. The van der Waals surface area contributed by atoms with Crippen molar-refractivity contribution in [3.05, 3.63) is 22.2 Å². The normalized spacial score (nSPS) is 9.73. The highest BCUT2D eigenvalue weighted by atomic mass is 16.1. The van der Waals surface area contributed by atoms with Gasteiger partial charge in [0.15, 0.2) is 0 Å². The molecule has 1 N–H and O–H groups in total. The molecule has 0 radical (unpaired) electrons. The van der Waals surface area contributed by atoms with Gasteiger partial charge in [-0.3, -0.25) is 0 Å². The van der Waals surface area contributed by atoms with Crippen LogP contribution in [0.5, 0.6) is 0 Å². The minimum absolute atomic E-state index is 0.236. The Labute approximate surface area is 64.9 Å². The highest BCUT2D eigenvalue weighted by Crippen LogP contribution is 2.04.